The summed E-state index contributed by atoms with van der Waals surface area (Å²) in [5, 5.41) is 0. The van der Waals surface area contributed by atoms with Gasteiger partial charge in [-0.3, -0.25) is 0 Å². The van der Waals surface area contributed by atoms with Crippen LogP contribution < -0.4 is 10.5 Å². The molecule has 0 bridgehead atoms. The lowest BCUT2D eigenvalue weighted by Crippen LogP contribution is -2.30. The molecule has 2 unspecified atom stereocenters. The first-order chi connectivity index (χ1) is 8.60. The molecule has 0 spiro atoms. The number of likely N-dealkylation sites (tertiary alicyclic amines) is 1. The Morgan fingerprint density at radius 1 is 1.56 bits per heavy atom. The average Bonchev–Trinajstić information content (AvgIpc) is 2.74. The molecule has 2 atom stereocenters. The Bertz CT molecular complexity index is 411. The van der Waals surface area contributed by atoms with Crippen LogP contribution in [0.15, 0.2) is 18.2 Å². The summed E-state index contributed by atoms with van der Waals surface area (Å²) in [7, 11) is 1.46. The van der Waals surface area contributed by atoms with Gasteiger partial charge in [0, 0.05) is 19.1 Å². The van der Waals surface area contributed by atoms with Crippen molar-refractivity contribution in [1.29, 1.82) is 0 Å². The second-order valence-corrected chi connectivity index (χ2v) is 5.15. The maximum absolute atomic E-state index is 13.6. The predicted molar refractivity (Wildman–Crippen MR) is 70.1 cm³/mol. The first-order valence-electron chi connectivity index (χ1n) is 6.41. The van der Waals surface area contributed by atoms with E-state index in [9.17, 15) is 4.39 Å². The van der Waals surface area contributed by atoms with Crippen molar-refractivity contribution in [2.45, 2.75) is 19.4 Å². The Morgan fingerprint density at radius 2 is 2.33 bits per heavy atom. The van der Waals surface area contributed by atoms with Crippen molar-refractivity contribution in [3.63, 3.8) is 0 Å². The molecule has 0 aromatic heterocycles. The van der Waals surface area contributed by atoms with Gasteiger partial charge in [0.25, 0.3) is 0 Å². The van der Waals surface area contributed by atoms with Crippen LogP contribution in [-0.4, -0.2) is 31.6 Å². The molecule has 2 rings (SSSR count). The number of benzene rings is 1. The van der Waals surface area contributed by atoms with Gasteiger partial charge in [0.05, 0.1) is 7.11 Å². The molecular weight excluding hydrogens is 231 g/mol. The van der Waals surface area contributed by atoms with Gasteiger partial charge >= 0.3 is 0 Å². The third-order valence-electron chi connectivity index (χ3n) is 3.57. The smallest absolute Gasteiger partial charge is 0.165 e. The number of ether oxygens (including phenoxy) is 1. The highest BCUT2D eigenvalue weighted by molar-refractivity contribution is 5.31. The lowest BCUT2D eigenvalue weighted by molar-refractivity contribution is 0.306. The van der Waals surface area contributed by atoms with Crippen LogP contribution >= 0.6 is 0 Å². The van der Waals surface area contributed by atoms with Crippen molar-refractivity contribution in [2.75, 3.05) is 26.7 Å². The molecule has 1 aromatic rings. The van der Waals surface area contributed by atoms with E-state index in [0.717, 1.165) is 31.1 Å². The monoisotopic (exact) mass is 252 g/mol. The van der Waals surface area contributed by atoms with Crippen molar-refractivity contribution in [3.05, 3.63) is 29.6 Å². The topological polar surface area (TPSA) is 38.5 Å². The summed E-state index contributed by atoms with van der Waals surface area (Å²) in [5.41, 5.74) is 6.96. The van der Waals surface area contributed by atoms with E-state index in [1.165, 1.54) is 19.6 Å². The number of hydrogen-bond acceptors (Lipinski definition) is 3. The predicted octanol–water partition coefficient (Wildman–Crippen LogP) is 2.18. The van der Waals surface area contributed by atoms with Crippen LogP contribution in [0.2, 0.25) is 0 Å². The summed E-state index contributed by atoms with van der Waals surface area (Å²) in [4.78, 5) is 2.34. The van der Waals surface area contributed by atoms with Crippen LogP contribution in [0.5, 0.6) is 5.75 Å². The Hall–Kier alpha value is -1.13. The summed E-state index contributed by atoms with van der Waals surface area (Å²) in [6, 6.07) is 4.81. The van der Waals surface area contributed by atoms with Gasteiger partial charge in [-0.2, -0.15) is 0 Å². The molecule has 1 aromatic carbocycles. The quantitative estimate of drug-likeness (QED) is 0.892. The van der Waals surface area contributed by atoms with Crippen molar-refractivity contribution in [3.8, 4) is 5.75 Å². The molecule has 18 heavy (non-hydrogen) atoms. The number of rotatable bonds is 4. The molecule has 1 heterocycles. The van der Waals surface area contributed by atoms with Crippen LogP contribution in [0.25, 0.3) is 0 Å². The Balaban J connectivity index is 2.00. The normalized spacial score (nSPS) is 22.1. The van der Waals surface area contributed by atoms with Gasteiger partial charge in [-0.05, 0) is 36.6 Å². The highest BCUT2D eigenvalue weighted by atomic mass is 19.1. The second-order valence-electron chi connectivity index (χ2n) is 5.15. The molecule has 4 heteroatoms. The van der Waals surface area contributed by atoms with Crippen molar-refractivity contribution < 1.29 is 9.13 Å². The van der Waals surface area contributed by atoms with E-state index in [2.05, 4.69) is 11.8 Å². The van der Waals surface area contributed by atoms with Crippen molar-refractivity contribution in [1.82, 2.24) is 4.90 Å². The van der Waals surface area contributed by atoms with Gasteiger partial charge < -0.3 is 15.4 Å². The fourth-order valence-corrected chi connectivity index (χ4v) is 2.49. The van der Waals surface area contributed by atoms with E-state index in [1.54, 1.807) is 6.07 Å². The van der Waals surface area contributed by atoms with Crippen LogP contribution in [0.1, 0.15) is 24.9 Å². The van der Waals surface area contributed by atoms with Crippen molar-refractivity contribution >= 4 is 0 Å². The van der Waals surface area contributed by atoms with Gasteiger partial charge in [0.1, 0.15) is 0 Å². The van der Waals surface area contributed by atoms with Crippen LogP contribution in [0, 0.1) is 11.7 Å². The first-order valence-corrected chi connectivity index (χ1v) is 6.41. The summed E-state index contributed by atoms with van der Waals surface area (Å²) < 4.78 is 18.5. The van der Waals surface area contributed by atoms with E-state index in [0.29, 0.717) is 0 Å². The van der Waals surface area contributed by atoms with Crippen molar-refractivity contribution in [2.24, 2.45) is 11.7 Å². The van der Waals surface area contributed by atoms with Gasteiger partial charge in [-0.25, -0.2) is 4.39 Å². The van der Waals surface area contributed by atoms with E-state index in [1.807, 2.05) is 6.07 Å². The highest BCUT2D eigenvalue weighted by Crippen LogP contribution is 2.23. The Kier molecular flexibility index (Phi) is 4.19. The van der Waals surface area contributed by atoms with E-state index < -0.39 is 0 Å². The third-order valence-corrected chi connectivity index (χ3v) is 3.57. The summed E-state index contributed by atoms with van der Waals surface area (Å²) in [6.07, 6.45) is 1.23. The molecule has 1 aliphatic rings. The molecule has 1 fully saturated rings. The maximum Gasteiger partial charge on any atom is 0.165 e. The van der Waals surface area contributed by atoms with E-state index in [4.69, 9.17) is 10.5 Å². The molecule has 0 amide bonds. The molecule has 0 saturated carbocycles. The van der Waals surface area contributed by atoms with Gasteiger partial charge in [-0.1, -0.05) is 13.0 Å². The summed E-state index contributed by atoms with van der Waals surface area (Å²) >= 11 is 0. The van der Waals surface area contributed by atoms with Crippen LogP contribution in [0.3, 0.4) is 0 Å². The number of halogens is 1. The minimum Gasteiger partial charge on any atom is -0.494 e. The second kappa shape index (κ2) is 5.67. The lowest BCUT2D eigenvalue weighted by Gasteiger charge is -2.21. The molecule has 1 aliphatic heterocycles. The number of nitrogens with zero attached hydrogens (tertiary/aromatic N) is 1. The highest BCUT2D eigenvalue weighted by Gasteiger charge is 2.21. The minimum atomic E-state index is -0.347. The molecule has 1 saturated heterocycles. The van der Waals surface area contributed by atoms with E-state index in [-0.39, 0.29) is 17.6 Å². The SMILES string of the molecule is COc1ccc(C(N)CN2CCC(C)C2)cc1F. The summed E-state index contributed by atoms with van der Waals surface area (Å²) in [6.45, 7) is 5.22. The third kappa shape index (κ3) is 3.00. The van der Waals surface area contributed by atoms with Crippen LogP contribution in [0.4, 0.5) is 4.39 Å². The average molecular weight is 252 g/mol. The zero-order valence-corrected chi connectivity index (χ0v) is 11.0. The lowest BCUT2D eigenvalue weighted by atomic mass is 10.1. The number of nitrogens with two attached hydrogens (primary N) is 1. The zero-order chi connectivity index (χ0) is 13.1. The van der Waals surface area contributed by atoms with E-state index >= 15 is 0 Å². The fourth-order valence-electron chi connectivity index (χ4n) is 2.49. The molecule has 2 N–H and O–H groups in total. The molecule has 3 nitrogen and oxygen atoms in total. The largest absolute Gasteiger partial charge is 0.494 e. The zero-order valence-electron chi connectivity index (χ0n) is 11.0. The number of hydrogen-bond donors (Lipinski definition) is 1. The standard InChI is InChI=1S/C14H21FN2O/c1-10-5-6-17(8-10)9-13(16)11-3-4-14(18-2)12(15)7-11/h3-4,7,10,13H,5-6,8-9,16H2,1-2H3. The summed E-state index contributed by atoms with van der Waals surface area (Å²) in [5.74, 6) is 0.658. The van der Waals surface area contributed by atoms with Gasteiger partial charge in [-0.15, -0.1) is 0 Å². The van der Waals surface area contributed by atoms with Crippen LogP contribution in [-0.2, 0) is 0 Å². The molecular formula is C14H21FN2O. The molecule has 0 radical (unpaired) electrons. The Morgan fingerprint density at radius 3 is 2.89 bits per heavy atom. The minimum absolute atomic E-state index is 0.143. The maximum atomic E-state index is 13.6. The number of methoxy groups -OCH3 is 1. The molecule has 100 valence electrons. The molecule has 0 aliphatic carbocycles. The Labute approximate surface area is 108 Å². The van der Waals surface area contributed by atoms with Gasteiger partial charge in [0.15, 0.2) is 11.6 Å². The fraction of sp³-hybridized carbons (Fsp3) is 0.571. The first kappa shape index (κ1) is 13.3. The van der Waals surface area contributed by atoms with Gasteiger partial charge in [0.2, 0.25) is 0 Å².